The average molecular weight is 240 g/mol. The highest BCUT2D eigenvalue weighted by molar-refractivity contribution is 7.99. The summed E-state index contributed by atoms with van der Waals surface area (Å²) in [6.45, 7) is 4.03. The summed E-state index contributed by atoms with van der Waals surface area (Å²) in [5, 5.41) is 8.50. The predicted molar refractivity (Wildman–Crippen MR) is 68.9 cm³/mol. The fraction of sp³-hybridized carbons (Fsp3) is 0.636. The number of nitrogens with zero attached hydrogens (tertiary/aromatic N) is 2. The first kappa shape index (κ1) is 13.1. The molecule has 0 amide bonds. The van der Waals surface area contributed by atoms with Gasteiger partial charge in [-0.25, -0.2) is 4.98 Å². The molecule has 0 atom stereocenters. The Morgan fingerprint density at radius 1 is 1.62 bits per heavy atom. The van der Waals surface area contributed by atoms with E-state index in [1.807, 2.05) is 37.9 Å². The lowest BCUT2D eigenvalue weighted by Crippen LogP contribution is -2.30. The molecule has 0 aliphatic rings. The topological polar surface area (TPSA) is 67.7 Å². The van der Waals surface area contributed by atoms with Gasteiger partial charge >= 0.3 is 0 Å². The van der Waals surface area contributed by atoms with E-state index in [4.69, 9.17) is 11.1 Å². The third-order valence-corrected chi connectivity index (χ3v) is 3.83. The van der Waals surface area contributed by atoms with Crippen molar-refractivity contribution in [3.05, 3.63) is 12.4 Å². The first-order valence-electron chi connectivity index (χ1n) is 5.38. The van der Waals surface area contributed by atoms with Crippen LogP contribution in [0.5, 0.6) is 0 Å². The number of hydrogen-bond donors (Lipinski definition) is 2. The van der Waals surface area contributed by atoms with Crippen molar-refractivity contribution in [3.63, 3.8) is 0 Å². The maximum absolute atomic E-state index is 7.46. The maximum atomic E-state index is 7.46. The zero-order valence-corrected chi connectivity index (χ0v) is 11.0. The monoisotopic (exact) mass is 240 g/mol. The Kier molecular flexibility index (Phi) is 4.41. The van der Waals surface area contributed by atoms with Gasteiger partial charge in [-0.15, -0.1) is 0 Å². The second-order valence-corrected chi connectivity index (χ2v) is 5.63. The van der Waals surface area contributed by atoms with Crippen molar-refractivity contribution in [1.82, 2.24) is 9.55 Å². The lowest BCUT2D eigenvalue weighted by Gasteiger charge is -2.22. The SMILES string of the molecule is Cn1ccnc1SCCCC(C)(C)C(=N)N. The van der Waals surface area contributed by atoms with E-state index in [1.165, 1.54) is 0 Å². The number of thioether (sulfide) groups is 1. The summed E-state index contributed by atoms with van der Waals surface area (Å²) in [5.74, 6) is 1.29. The predicted octanol–water partition coefficient (Wildman–Crippen LogP) is 2.25. The number of imidazole rings is 1. The molecule has 5 heteroatoms. The van der Waals surface area contributed by atoms with Crippen LogP contribution in [0, 0.1) is 10.8 Å². The highest BCUT2D eigenvalue weighted by atomic mass is 32.2. The van der Waals surface area contributed by atoms with E-state index in [0.29, 0.717) is 0 Å². The standard InChI is InChI=1S/C11H20N4S/c1-11(2,9(12)13)5-4-8-16-10-14-6-7-15(10)3/h6-7H,4-5,8H2,1-3H3,(H3,12,13). The summed E-state index contributed by atoms with van der Waals surface area (Å²) in [6.07, 6.45) is 5.74. The average Bonchev–Trinajstić information content (AvgIpc) is 2.59. The van der Waals surface area contributed by atoms with Crippen LogP contribution < -0.4 is 5.73 Å². The minimum Gasteiger partial charge on any atom is -0.387 e. The van der Waals surface area contributed by atoms with Gasteiger partial charge < -0.3 is 10.3 Å². The molecule has 0 bridgehead atoms. The van der Waals surface area contributed by atoms with E-state index in [1.54, 1.807) is 11.8 Å². The molecule has 3 N–H and O–H groups in total. The Morgan fingerprint density at radius 3 is 2.81 bits per heavy atom. The quantitative estimate of drug-likeness (QED) is 0.347. The van der Waals surface area contributed by atoms with Crippen LogP contribution in [0.25, 0.3) is 0 Å². The second-order valence-electron chi connectivity index (χ2n) is 4.57. The lowest BCUT2D eigenvalue weighted by atomic mass is 9.87. The molecule has 1 heterocycles. The molecule has 0 saturated carbocycles. The summed E-state index contributed by atoms with van der Waals surface area (Å²) in [5.41, 5.74) is 5.35. The number of amidine groups is 1. The maximum Gasteiger partial charge on any atom is 0.167 e. The molecular formula is C11H20N4S. The van der Waals surface area contributed by atoms with Crippen LogP contribution >= 0.6 is 11.8 Å². The molecule has 0 saturated heterocycles. The summed E-state index contributed by atoms with van der Waals surface area (Å²) in [6, 6.07) is 0. The molecule has 16 heavy (non-hydrogen) atoms. The molecule has 0 fully saturated rings. The van der Waals surface area contributed by atoms with Gasteiger partial charge in [0.1, 0.15) is 0 Å². The first-order chi connectivity index (χ1) is 7.43. The Hall–Kier alpha value is -0.970. The van der Waals surface area contributed by atoms with Gasteiger partial charge in [0.2, 0.25) is 0 Å². The van der Waals surface area contributed by atoms with Gasteiger partial charge in [0.25, 0.3) is 0 Å². The van der Waals surface area contributed by atoms with Crippen LogP contribution in [0.4, 0.5) is 0 Å². The van der Waals surface area contributed by atoms with Gasteiger partial charge in [-0.05, 0) is 12.8 Å². The molecule has 4 nitrogen and oxygen atoms in total. The van der Waals surface area contributed by atoms with Crippen molar-refractivity contribution in [3.8, 4) is 0 Å². The fourth-order valence-corrected chi connectivity index (χ4v) is 2.17. The van der Waals surface area contributed by atoms with Crippen LogP contribution in [0.15, 0.2) is 17.6 Å². The second kappa shape index (κ2) is 5.39. The molecular weight excluding hydrogens is 220 g/mol. The molecule has 1 aromatic heterocycles. The number of aromatic nitrogens is 2. The minimum absolute atomic E-state index is 0.178. The molecule has 0 radical (unpaired) electrons. The zero-order chi connectivity index (χ0) is 12.2. The van der Waals surface area contributed by atoms with Crippen LogP contribution in [-0.2, 0) is 7.05 Å². The minimum atomic E-state index is -0.178. The van der Waals surface area contributed by atoms with Crippen LogP contribution in [0.1, 0.15) is 26.7 Å². The van der Waals surface area contributed by atoms with Crippen molar-refractivity contribution in [2.75, 3.05) is 5.75 Å². The van der Waals surface area contributed by atoms with Crippen molar-refractivity contribution in [2.24, 2.45) is 18.2 Å². The van der Waals surface area contributed by atoms with E-state index in [2.05, 4.69) is 4.98 Å². The van der Waals surface area contributed by atoms with E-state index < -0.39 is 0 Å². The molecule has 1 rings (SSSR count). The third kappa shape index (κ3) is 3.56. The molecule has 0 aromatic carbocycles. The van der Waals surface area contributed by atoms with Crippen molar-refractivity contribution >= 4 is 17.6 Å². The molecule has 0 unspecified atom stereocenters. The summed E-state index contributed by atoms with van der Waals surface area (Å²) < 4.78 is 2.01. The summed E-state index contributed by atoms with van der Waals surface area (Å²) in [7, 11) is 1.99. The van der Waals surface area contributed by atoms with Gasteiger partial charge in [-0.1, -0.05) is 25.6 Å². The van der Waals surface area contributed by atoms with Gasteiger partial charge in [0.05, 0.1) is 5.84 Å². The Bertz CT molecular complexity index is 357. The number of nitrogens with one attached hydrogen (secondary N) is 1. The van der Waals surface area contributed by atoms with Crippen LogP contribution in [0.2, 0.25) is 0 Å². The van der Waals surface area contributed by atoms with E-state index in [0.717, 1.165) is 23.8 Å². The number of aryl methyl sites for hydroxylation is 1. The highest BCUT2D eigenvalue weighted by Gasteiger charge is 2.20. The third-order valence-electron chi connectivity index (χ3n) is 2.68. The Morgan fingerprint density at radius 2 is 2.31 bits per heavy atom. The Labute approximate surface area is 101 Å². The molecule has 0 spiro atoms. The van der Waals surface area contributed by atoms with Crippen molar-refractivity contribution in [2.45, 2.75) is 31.8 Å². The normalized spacial score (nSPS) is 11.7. The van der Waals surface area contributed by atoms with Crippen LogP contribution in [-0.4, -0.2) is 21.1 Å². The summed E-state index contributed by atoms with van der Waals surface area (Å²) >= 11 is 1.75. The fourth-order valence-electron chi connectivity index (χ4n) is 1.30. The smallest absolute Gasteiger partial charge is 0.167 e. The van der Waals surface area contributed by atoms with Gasteiger partial charge in [-0.2, -0.15) is 0 Å². The molecule has 0 aliphatic carbocycles. The zero-order valence-electron chi connectivity index (χ0n) is 10.2. The van der Waals surface area contributed by atoms with Crippen molar-refractivity contribution in [1.29, 1.82) is 5.41 Å². The highest BCUT2D eigenvalue weighted by Crippen LogP contribution is 2.24. The van der Waals surface area contributed by atoms with Gasteiger partial charge in [0.15, 0.2) is 5.16 Å². The molecule has 1 aromatic rings. The molecule has 90 valence electrons. The van der Waals surface area contributed by atoms with E-state index >= 15 is 0 Å². The number of hydrogen-bond acceptors (Lipinski definition) is 3. The Balaban J connectivity index is 2.27. The van der Waals surface area contributed by atoms with E-state index in [-0.39, 0.29) is 11.3 Å². The van der Waals surface area contributed by atoms with Gasteiger partial charge in [-0.3, -0.25) is 5.41 Å². The van der Waals surface area contributed by atoms with Gasteiger partial charge in [0, 0.05) is 30.6 Å². The van der Waals surface area contributed by atoms with Crippen molar-refractivity contribution < 1.29 is 0 Å². The first-order valence-corrected chi connectivity index (χ1v) is 6.36. The number of nitrogens with two attached hydrogens (primary N) is 1. The van der Waals surface area contributed by atoms with E-state index in [9.17, 15) is 0 Å². The number of rotatable bonds is 6. The molecule has 0 aliphatic heterocycles. The summed E-state index contributed by atoms with van der Waals surface area (Å²) in [4.78, 5) is 4.24. The largest absolute Gasteiger partial charge is 0.387 e. The van der Waals surface area contributed by atoms with Crippen LogP contribution in [0.3, 0.4) is 0 Å². The lowest BCUT2D eigenvalue weighted by molar-refractivity contribution is 0.464.